The first kappa shape index (κ1) is 20.0. The lowest BCUT2D eigenvalue weighted by molar-refractivity contribution is 0.157. The minimum atomic E-state index is 0. The molecule has 0 spiro atoms. The predicted molar refractivity (Wildman–Crippen MR) is 103 cm³/mol. The first-order chi connectivity index (χ1) is 10.8. The molecule has 7 heteroatoms. The van der Waals surface area contributed by atoms with Gasteiger partial charge in [-0.15, -0.1) is 24.0 Å². The van der Waals surface area contributed by atoms with Crippen molar-refractivity contribution < 1.29 is 9.47 Å². The lowest BCUT2D eigenvalue weighted by Gasteiger charge is -2.21. The van der Waals surface area contributed by atoms with Gasteiger partial charge in [0, 0.05) is 44.9 Å². The number of halogens is 1. The Balaban J connectivity index is 0.00000264. The van der Waals surface area contributed by atoms with Gasteiger partial charge in [0.2, 0.25) is 5.88 Å². The number of nitrogens with one attached hydrogen (secondary N) is 1. The lowest BCUT2D eigenvalue weighted by atomic mass is 10.1. The minimum absolute atomic E-state index is 0. The number of hydrogen-bond acceptors (Lipinski definition) is 4. The molecule has 1 N–H and O–H groups in total. The van der Waals surface area contributed by atoms with Crippen LogP contribution in [0.2, 0.25) is 0 Å². The molecule has 1 aromatic heterocycles. The molecule has 6 nitrogen and oxygen atoms in total. The van der Waals surface area contributed by atoms with Crippen LogP contribution in [0.3, 0.4) is 0 Å². The number of methoxy groups -OCH3 is 2. The third-order valence-electron chi connectivity index (χ3n) is 3.74. The van der Waals surface area contributed by atoms with E-state index in [9.17, 15) is 0 Å². The maximum Gasteiger partial charge on any atom is 0.212 e. The molecular formula is C16H27IN4O2. The van der Waals surface area contributed by atoms with Crippen LogP contribution >= 0.6 is 24.0 Å². The second-order valence-corrected chi connectivity index (χ2v) is 5.44. The van der Waals surface area contributed by atoms with E-state index < -0.39 is 0 Å². The van der Waals surface area contributed by atoms with Gasteiger partial charge in [-0.25, -0.2) is 9.98 Å². The Morgan fingerprint density at radius 1 is 1.43 bits per heavy atom. The van der Waals surface area contributed by atoms with Gasteiger partial charge in [-0.2, -0.15) is 0 Å². The molecular weight excluding hydrogens is 407 g/mol. The van der Waals surface area contributed by atoms with Gasteiger partial charge in [-0.3, -0.25) is 0 Å². The van der Waals surface area contributed by atoms with Gasteiger partial charge in [-0.05, 0) is 18.9 Å². The zero-order chi connectivity index (χ0) is 15.8. The van der Waals surface area contributed by atoms with Crippen molar-refractivity contribution in [3.05, 3.63) is 23.9 Å². The number of aromatic nitrogens is 1. The molecule has 1 aliphatic heterocycles. The molecule has 0 bridgehead atoms. The lowest BCUT2D eigenvalue weighted by Crippen LogP contribution is -2.40. The molecule has 1 atom stereocenters. The van der Waals surface area contributed by atoms with Crippen LogP contribution in [-0.4, -0.2) is 56.3 Å². The Hall–Kier alpha value is -1.09. The van der Waals surface area contributed by atoms with Gasteiger partial charge < -0.3 is 19.7 Å². The van der Waals surface area contributed by atoms with E-state index in [-0.39, 0.29) is 24.0 Å². The van der Waals surface area contributed by atoms with E-state index in [1.165, 1.54) is 0 Å². The van der Waals surface area contributed by atoms with Crippen LogP contribution in [0, 0.1) is 5.92 Å². The van der Waals surface area contributed by atoms with Crippen LogP contribution in [0.5, 0.6) is 5.88 Å². The summed E-state index contributed by atoms with van der Waals surface area (Å²) in [5, 5.41) is 3.37. The second kappa shape index (κ2) is 10.6. The largest absolute Gasteiger partial charge is 0.481 e. The second-order valence-electron chi connectivity index (χ2n) is 5.44. The molecule has 1 aromatic rings. The molecule has 23 heavy (non-hydrogen) atoms. The highest BCUT2D eigenvalue weighted by Gasteiger charge is 2.24. The molecule has 1 unspecified atom stereocenters. The van der Waals surface area contributed by atoms with E-state index in [0.29, 0.717) is 18.3 Å². The van der Waals surface area contributed by atoms with Crippen LogP contribution in [0.1, 0.15) is 18.9 Å². The number of pyridine rings is 1. The number of hydrogen-bond donors (Lipinski definition) is 1. The summed E-state index contributed by atoms with van der Waals surface area (Å²) in [5.74, 6) is 2.19. The van der Waals surface area contributed by atoms with E-state index >= 15 is 0 Å². The first-order valence-corrected chi connectivity index (χ1v) is 7.78. The third-order valence-corrected chi connectivity index (χ3v) is 3.74. The van der Waals surface area contributed by atoms with Crippen molar-refractivity contribution in [3.63, 3.8) is 0 Å². The maximum atomic E-state index is 5.26. The Kier molecular flexibility index (Phi) is 9.23. The summed E-state index contributed by atoms with van der Waals surface area (Å²) in [6.45, 7) is 6.42. The Morgan fingerprint density at radius 2 is 2.26 bits per heavy atom. The molecule has 2 rings (SSSR count). The smallest absolute Gasteiger partial charge is 0.212 e. The molecule has 0 aromatic carbocycles. The van der Waals surface area contributed by atoms with Crippen LogP contribution in [0.25, 0.3) is 0 Å². The maximum absolute atomic E-state index is 5.26. The Morgan fingerprint density at radius 3 is 2.87 bits per heavy atom. The first-order valence-electron chi connectivity index (χ1n) is 7.78. The standard InChI is InChI=1S/C16H26N4O2.HI/c1-4-17-16(20-8-7-14(11-20)12-21-2)19-10-13-5-6-15(22-3)18-9-13;/h5-6,9,14H,4,7-8,10-12H2,1-3H3,(H,17,19);1H. The zero-order valence-corrected chi connectivity index (χ0v) is 16.4. The monoisotopic (exact) mass is 434 g/mol. The molecule has 0 amide bonds. The van der Waals surface area contributed by atoms with Crippen molar-refractivity contribution in [3.8, 4) is 5.88 Å². The summed E-state index contributed by atoms with van der Waals surface area (Å²) < 4.78 is 10.3. The number of ether oxygens (including phenoxy) is 2. The van der Waals surface area contributed by atoms with E-state index in [1.54, 1.807) is 14.2 Å². The van der Waals surface area contributed by atoms with E-state index in [4.69, 9.17) is 14.5 Å². The van der Waals surface area contributed by atoms with Crippen LogP contribution < -0.4 is 10.1 Å². The van der Waals surface area contributed by atoms with Gasteiger partial charge in [-0.1, -0.05) is 6.07 Å². The number of aliphatic imine (C=N–C) groups is 1. The number of likely N-dealkylation sites (tertiary alicyclic amines) is 1. The average Bonchev–Trinajstić information content (AvgIpc) is 3.01. The molecule has 0 aliphatic carbocycles. The van der Waals surface area contributed by atoms with E-state index in [0.717, 1.165) is 44.2 Å². The summed E-state index contributed by atoms with van der Waals surface area (Å²) in [4.78, 5) is 11.2. The minimum Gasteiger partial charge on any atom is -0.481 e. The fraction of sp³-hybridized carbons (Fsp3) is 0.625. The van der Waals surface area contributed by atoms with Gasteiger partial charge >= 0.3 is 0 Å². The normalized spacial score (nSPS) is 17.8. The number of rotatable bonds is 6. The summed E-state index contributed by atoms with van der Waals surface area (Å²) >= 11 is 0. The van der Waals surface area contributed by atoms with Crippen molar-refractivity contribution in [2.45, 2.75) is 19.9 Å². The highest BCUT2D eigenvalue weighted by Crippen LogP contribution is 2.16. The molecule has 1 aliphatic rings. The molecule has 2 heterocycles. The Bertz CT molecular complexity index is 481. The number of nitrogens with zero attached hydrogens (tertiary/aromatic N) is 3. The van der Waals surface area contributed by atoms with Gasteiger partial charge in [0.25, 0.3) is 0 Å². The highest BCUT2D eigenvalue weighted by atomic mass is 127. The summed E-state index contributed by atoms with van der Waals surface area (Å²) in [6, 6.07) is 3.86. The van der Waals surface area contributed by atoms with Crippen LogP contribution in [-0.2, 0) is 11.3 Å². The van der Waals surface area contributed by atoms with Crippen molar-refractivity contribution in [1.29, 1.82) is 0 Å². The van der Waals surface area contributed by atoms with E-state index in [1.807, 2.05) is 18.3 Å². The SMILES string of the molecule is CCNC(=NCc1ccc(OC)nc1)N1CCC(COC)C1.I. The highest BCUT2D eigenvalue weighted by molar-refractivity contribution is 14.0. The van der Waals surface area contributed by atoms with Crippen LogP contribution in [0.15, 0.2) is 23.3 Å². The van der Waals surface area contributed by atoms with Crippen molar-refractivity contribution in [1.82, 2.24) is 15.2 Å². The molecule has 0 radical (unpaired) electrons. The molecule has 0 saturated carbocycles. The van der Waals surface area contributed by atoms with Crippen molar-refractivity contribution in [2.75, 3.05) is 40.5 Å². The Labute approximate surface area is 155 Å². The third kappa shape index (κ3) is 6.14. The van der Waals surface area contributed by atoms with Crippen molar-refractivity contribution in [2.24, 2.45) is 10.9 Å². The quantitative estimate of drug-likeness (QED) is 0.423. The summed E-state index contributed by atoms with van der Waals surface area (Å²) in [6.07, 6.45) is 2.96. The predicted octanol–water partition coefficient (Wildman–Crippen LogP) is 2.14. The summed E-state index contributed by atoms with van der Waals surface area (Å²) in [5.41, 5.74) is 1.07. The van der Waals surface area contributed by atoms with Crippen molar-refractivity contribution >= 4 is 29.9 Å². The molecule has 130 valence electrons. The molecule has 1 saturated heterocycles. The average molecular weight is 434 g/mol. The topological polar surface area (TPSA) is 59.0 Å². The number of guanidine groups is 1. The van der Waals surface area contributed by atoms with Gasteiger partial charge in [0.1, 0.15) is 0 Å². The zero-order valence-electron chi connectivity index (χ0n) is 14.1. The summed E-state index contributed by atoms with van der Waals surface area (Å²) in [7, 11) is 3.38. The fourth-order valence-corrected chi connectivity index (χ4v) is 2.61. The van der Waals surface area contributed by atoms with Crippen LogP contribution in [0.4, 0.5) is 0 Å². The van der Waals surface area contributed by atoms with E-state index in [2.05, 4.69) is 22.1 Å². The fourth-order valence-electron chi connectivity index (χ4n) is 2.61. The van der Waals surface area contributed by atoms with Gasteiger partial charge in [0.05, 0.1) is 20.3 Å². The molecule has 1 fully saturated rings. The van der Waals surface area contributed by atoms with Gasteiger partial charge in [0.15, 0.2) is 5.96 Å².